The molecule has 2 aromatic rings. The summed E-state index contributed by atoms with van der Waals surface area (Å²) < 4.78 is 0.997. The van der Waals surface area contributed by atoms with Gasteiger partial charge in [-0.25, -0.2) is 4.98 Å². The number of aromatic nitrogens is 1. The fraction of sp³-hybridized carbons (Fsp3) is 0.231. The van der Waals surface area contributed by atoms with E-state index in [0.29, 0.717) is 6.42 Å². The van der Waals surface area contributed by atoms with E-state index in [9.17, 15) is 4.79 Å². The smallest absolute Gasteiger partial charge is 0.303 e. The number of carboxylic acid groups (broad SMARTS) is 1. The first-order chi connectivity index (χ1) is 9.04. The summed E-state index contributed by atoms with van der Waals surface area (Å²) in [7, 11) is 0. The number of rotatable bonds is 5. The fourth-order valence-corrected chi connectivity index (χ4v) is 3.01. The molecule has 1 aromatic heterocycles. The molecule has 0 aliphatic rings. The van der Waals surface area contributed by atoms with E-state index in [1.807, 2.05) is 31.2 Å². The summed E-state index contributed by atoms with van der Waals surface area (Å²) in [5, 5.41) is 12.7. The average molecular weight is 341 g/mol. The maximum Gasteiger partial charge on any atom is 0.303 e. The zero-order valence-electron chi connectivity index (χ0n) is 10.3. The molecular formula is C13H13BrN2O2S. The van der Waals surface area contributed by atoms with Gasteiger partial charge in [0.05, 0.1) is 12.1 Å². The number of benzene rings is 1. The molecule has 0 amide bonds. The highest BCUT2D eigenvalue weighted by Crippen LogP contribution is 2.27. The number of hydrogen-bond donors (Lipinski definition) is 2. The molecule has 0 unspecified atom stereocenters. The Kier molecular flexibility index (Phi) is 4.55. The van der Waals surface area contributed by atoms with Crippen molar-refractivity contribution in [2.24, 2.45) is 0 Å². The normalized spacial score (nSPS) is 10.4. The van der Waals surface area contributed by atoms with Crippen molar-refractivity contribution in [1.82, 2.24) is 4.98 Å². The molecular weight excluding hydrogens is 328 g/mol. The summed E-state index contributed by atoms with van der Waals surface area (Å²) >= 11 is 4.92. The molecule has 19 heavy (non-hydrogen) atoms. The number of carbonyl (C=O) groups is 1. The standard InChI is InChI=1S/C13H13BrN2O2S/c1-8-11(5-6-12(17)18)19-13(15-8)16-10-4-2-3-9(14)7-10/h2-4,7H,5-6H2,1H3,(H,15,16)(H,17,18). The average Bonchev–Trinajstić information content (AvgIpc) is 2.67. The van der Waals surface area contributed by atoms with Crippen LogP contribution in [0.5, 0.6) is 0 Å². The van der Waals surface area contributed by atoms with Crippen molar-refractivity contribution in [1.29, 1.82) is 0 Å². The van der Waals surface area contributed by atoms with Gasteiger partial charge >= 0.3 is 5.97 Å². The van der Waals surface area contributed by atoms with Crippen LogP contribution in [-0.2, 0) is 11.2 Å². The molecule has 2 N–H and O–H groups in total. The second-order valence-electron chi connectivity index (χ2n) is 4.06. The van der Waals surface area contributed by atoms with E-state index >= 15 is 0 Å². The third-order valence-corrected chi connectivity index (χ3v) is 4.16. The number of anilines is 2. The summed E-state index contributed by atoms with van der Waals surface area (Å²) in [4.78, 5) is 16.0. The number of carboxylic acids is 1. The molecule has 1 heterocycles. The maximum absolute atomic E-state index is 10.6. The number of nitrogens with zero attached hydrogens (tertiary/aromatic N) is 1. The fourth-order valence-electron chi connectivity index (χ4n) is 1.62. The van der Waals surface area contributed by atoms with Crippen molar-refractivity contribution in [3.63, 3.8) is 0 Å². The van der Waals surface area contributed by atoms with Gasteiger partial charge < -0.3 is 10.4 Å². The van der Waals surface area contributed by atoms with E-state index in [2.05, 4.69) is 26.2 Å². The van der Waals surface area contributed by atoms with Crippen LogP contribution < -0.4 is 5.32 Å². The van der Waals surface area contributed by atoms with E-state index in [1.165, 1.54) is 11.3 Å². The van der Waals surface area contributed by atoms with Gasteiger partial charge in [-0.05, 0) is 31.5 Å². The van der Waals surface area contributed by atoms with Crippen LogP contribution in [0.4, 0.5) is 10.8 Å². The Hall–Kier alpha value is -1.40. The number of aryl methyl sites for hydroxylation is 2. The zero-order chi connectivity index (χ0) is 13.8. The van der Waals surface area contributed by atoms with E-state index in [4.69, 9.17) is 5.11 Å². The monoisotopic (exact) mass is 340 g/mol. The highest BCUT2D eigenvalue weighted by molar-refractivity contribution is 9.10. The first kappa shape index (κ1) is 14.0. The Morgan fingerprint density at radius 2 is 2.32 bits per heavy atom. The van der Waals surface area contributed by atoms with Crippen LogP contribution in [0.3, 0.4) is 0 Å². The van der Waals surface area contributed by atoms with Gasteiger partial charge in [0.2, 0.25) is 0 Å². The van der Waals surface area contributed by atoms with Gasteiger partial charge in [-0.3, -0.25) is 4.79 Å². The molecule has 0 atom stereocenters. The molecule has 0 bridgehead atoms. The molecule has 1 aromatic carbocycles. The largest absolute Gasteiger partial charge is 0.481 e. The van der Waals surface area contributed by atoms with Gasteiger partial charge in [0.15, 0.2) is 5.13 Å². The van der Waals surface area contributed by atoms with Gasteiger partial charge in [0, 0.05) is 15.0 Å². The van der Waals surface area contributed by atoms with E-state index in [1.54, 1.807) is 0 Å². The number of halogens is 1. The van der Waals surface area contributed by atoms with Crippen molar-refractivity contribution >= 4 is 44.1 Å². The zero-order valence-corrected chi connectivity index (χ0v) is 12.7. The summed E-state index contributed by atoms with van der Waals surface area (Å²) in [6.07, 6.45) is 0.665. The molecule has 0 spiro atoms. The predicted octanol–water partition coefficient (Wildman–Crippen LogP) is 3.97. The number of hydrogen-bond acceptors (Lipinski definition) is 4. The third-order valence-electron chi connectivity index (χ3n) is 2.53. The minimum atomic E-state index is -0.783. The Morgan fingerprint density at radius 3 is 3.00 bits per heavy atom. The first-order valence-corrected chi connectivity index (χ1v) is 7.36. The number of thiazole rings is 1. The van der Waals surface area contributed by atoms with Crippen LogP contribution in [0.15, 0.2) is 28.7 Å². The molecule has 0 saturated carbocycles. The van der Waals surface area contributed by atoms with Crippen molar-refractivity contribution in [2.45, 2.75) is 19.8 Å². The van der Waals surface area contributed by atoms with Gasteiger partial charge in [0.1, 0.15) is 0 Å². The summed E-state index contributed by atoms with van der Waals surface area (Å²) in [5.41, 5.74) is 1.84. The Morgan fingerprint density at radius 1 is 1.53 bits per heavy atom. The molecule has 0 aliphatic heterocycles. The lowest BCUT2D eigenvalue weighted by atomic mass is 10.2. The topological polar surface area (TPSA) is 62.2 Å². The van der Waals surface area contributed by atoms with Crippen molar-refractivity contribution in [3.8, 4) is 0 Å². The highest BCUT2D eigenvalue weighted by atomic mass is 79.9. The van der Waals surface area contributed by atoms with E-state index < -0.39 is 5.97 Å². The molecule has 4 nitrogen and oxygen atoms in total. The Balaban J connectivity index is 2.09. The molecule has 6 heteroatoms. The van der Waals surface area contributed by atoms with Gasteiger partial charge in [-0.15, -0.1) is 11.3 Å². The molecule has 100 valence electrons. The lowest BCUT2D eigenvalue weighted by Crippen LogP contribution is -1.96. The minimum Gasteiger partial charge on any atom is -0.481 e. The predicted molar refractivity (Wildman–Crippen MR) is 80.2 cm³/mol. The van der Waals surface area contributed by atoms with Gasteiger partial charge in [-0.1, -0.05) is 22.0 Å². The van der Waals surface area contributed by atoms with Crippen LogP contribution in [0.2, 0.25) is 0 Å². The van der Waals surface area contributed by atoms with Crippen LogP contribution >= 0.6 is 27.3 Å². The molecule has 0 saturated heterocycles. The lowest BCUT2D eigenvalue weighted by molar-refractivity contribution is -0.136. The van der Waals surface area contributed by atoms with Gasteiger partial charge in [-0.2, -0.15) is 0 Å². The summed E-state index contributed by atoms with van der Waals surface area (Å²) in [5.74, 6) is -0.783. The Labute approximate surface area is 123 Å². The van der Waals surface area contributed by atoms with Crippen molar-refractivity contribution in [3.05, 3.63) is 39.3 Å². The van der Waals surface area contributed by atoms with Crippen LogP contribution in [0.1, 0.15) is 17.0 Å². The number of nitrogens with one attached hydrogen (secondary N) is 1. The van der Waals surface area contributed by atoms with Crippen molar-refractivity contribution < 1.29 is 9.90 Å². The number of aliphatic carboxylic acids is 1. The van der Waals surface area contributed by atoms with Gasteiger partial charge in [0.25, 0.3) is 0 Å². The summed E-state index contributed by atoms with van der Waals surface area (Å²) in [6.45, 7) is 1.90. The Bertz CT molecular complexity index is 598. The second-order valence-corrected chi connectivity index (χ2v) is 6.06. The third kappa shape index (κ3) is 4.04. The second kappa shape index (κ2) is 6.16. The first-order valence-electron chi connectivity index (χ1n) is 5.75. The quantitative estimate of drug-likeness (QED) is 0.864. The molecule has 2 rings (SSSR count). The van der Waals surface area contributed by atoms with E-state index in [-0.39, 0.29) is 6.42 Å². The molecule has 0 radical (unpaired) electrons. The van der Waals surface area contributed by atoms with Crippen LogP contribution in [-0.4, -0.2) is 16.1 Å². The molecule has 0 aliphatic carbocycles. The summed E-state index contributed by atoms with van der Waals surface area (Å²) in [6, 6.07) is 7.82. The van der Waals surface area contributed by atoms with Crippen LogP contribution in [0, 0.1) is 6.92 Å². The van der Waals surface area contributed by atoms with E-state index in [0.717, 1.165) is 25.9 Å². The molecule has 0 fully saturated rings. The SMILES string of the molecule is Cc1nc(Nc2cccc(Br)c2)sc1CCC(=O)O. The van der Waals surface area contributed by atoms with Crippen molar-refractivity contribution in [2.75, 3.05) is 5.32 Å². The lowest BCUT2D eigenvalue weighted by Gasteiger charge is -2.02. The minimum absolute atomic E-state index is 0.138. The highest BCUT2D eigenvalue weighted by Gasteiger charge is 2.09. The van der Waals surface area contributed by atoms with Crippen LogP contribution in [0.25, 0.3) is 0 Å². The maximum atomic E-state index is 10.6.